The Labute approximate surface area is 125 Å². The zero-order chi connectivity index (χ0) is 14.8. The fourth-order valence-corrected chi connectivity index (χ4v) is 3.00. The molecule has 0 aliphatic rings. The molecule has 0 unspecified atom stereocenters. The van der Waals surface area contributed by atoms with E-state index in [2.05, 4.69) is 11.4 Å². The van der Waals surface area contributed by atoms with Crippen LogP contribution in [0.5, 0.6) is 0 Å². The number of thiophene rings is 1. The Morgan fingerprint density at radius 2 is 2.10 bits per heavy atom. The molecule has 5 nitrogen and oxygen atoms in total. The molecule has 0 atom stereocenters. The number of hydrogen-bond acceptors (Lipinski definition) is 5. The van der Waals surface area contributed by atoms with Crippen molar-refractivity contribution in [2.45, 2.75) is 11.4 Å². The van der Waals surface area contributed by atoms with Gasteiger partial charge in [-0.3, -0.25) is 0 Å². The summed E-state index contributed by atoms with van der Waals surface area (Å²) in [6.07, 6.45) is 0. The number of hydrogen-bond donors (Lipinski definition) is 2. The molecule has 1 aromatic carbocycles. The minimum atomic E-state index is -3.76. The summed E-state index contributed by atoms with van der Waals surface area (Å²) >= 11 is 7.36. The van der Waals surface area contributed by atoms with Gasteiger partial charge in [-0.1, -0.05) is 11.6 Å². The Bertz CT molecular complexity index is 778. The van der Waals surface area contributed by atoms with Crippen molar-refractivity contribution in [3.05, 3.63) is 45.1 Å². The summed E-state index contributed by atoms with van der Waals surface area (Å²) in [4.78, 5) is 1.55. The Morgan fingerprint density at radius 1 is 1.35 bits per heavy atom. The van der Waals surface area contributed by atoms with Crippen LogP contribution in [-0.2, 0) is 16.6 Å². The number of rotatable bonds is 4. The van der Waals surface area contributed by atoms with E-state index in [9.17, 15) is 8.42 Å². The molecular weight excluding hydrogens is 318 g/mol. The standard InChI is InChI=1S/C12H10ClN3O2S2/c13-11-4-3-10(20(15,17)18)5-12(11)16-7-9-2-1-8(6-14)19-9/h1-5,16H,7H2,(H2,15,17,18). The third kappa shape index (κ3) is 3.49. The molecule has 0 saturated heterocycles. The van der Waals surface area contributed by atoms with Gasteiger partial charge in [-0.05, 0) is 30.3 Å². The highest BCUT2D eigenvalue weighted by Crippen LogP contribution is 2.26. The number of nitriles is 1. The average Bonchev–Trinajstić information content (AvgIpc) is 2.84. The van der Waals surface area contributed by atoms with Crippen molar-refractivity contribution in [2.75, 3.05) is 5.32 Å². The lowest BCUT2D eigenvalue weighted by molar-refractivity contribution is 0.598. The summed E-state index contributed by atoms with van der Waals surface area (Å²) in [5, 5.41) is 17.2. The van der Waals surface area contributed by atoms with Gasteiger partial charge in [0.2, 0.25) is 10.0 Å². The highest BCUT2D eigenvalue weighted by molar-refractivity contribution is 7.89. The molecule has 0 aliphatic carbocycles. The highest BCUT2D eigenvalue weighted by Gasteiger charge is 2.11. The van der Waals surface area contributed by atoms with E-state index >= 15 is 0 Å². The quantitative estimate of drug-likeness (QED) is 0.901. The van der Waals surface area contributed by atoms with E-state index in [4.69, 9.17) is 22.0 Å². The normalized spacial score (nSPS) is 11.1. The van der Waals surface area contributed by atoms with Crippen LogP contribution in [0, 0.1) is 11.3 Å². The second kappa shape index (κ2) is 5.81. The molecule has 0 radical (unpaired) electrons. The third-order valence-electron chi connectivity index (χ3n) is 2.49. The van der Waals surface area contributed by atoms with Crippen molar-refractivity contribution in [3.8, 4) is 6.07 Å². The number of halogens is 1. The molecule has 8 heteroatoms. The molecule has 0 bridgehead atoms. The maximum absolute atomic E-state index is 11.3. The first-order valence-corrected chi connectivity index (χ1v) is 8.19. The Morgan fingerprint density at radius 3 is 2.70 bits per heavy atom. The van der Waals surface area contributed by atoms with E-state index in [1.165, 1.54) is 29.5 Å². The molecule has 1 heterocycles. The molecule has 20 heavy (non-hydrogen) atoms. The maximum Gasteiger partial charge on any atom is 0.238 e. The zero-order valence-corrected chi connectivity index (χ0v) is 12.5. The van der Waals surface area contributed by atoms with Gasteiger partial charge < -0.3 is 5.32 Å². The van der Waals surface area contributed by atoms with Crippen LogP contribution in [0.15, 0.2) is 35.2 Å². The van der Waals surface area contributed by atoms with Crippen LogP contribution in [-0.4, -0.2) is 8.42 Å². The van der Waals surface area contributed by atoms with Gasteiger partial charge in [0, 0.05) is 11.4 Å². The monoisotopic (exact) mass is 327 g/mol. The van der Waals surface area contributed by atoms with Crippen LogP contribution >= 0.6 is 22.9 Å². The van der Waals surface area contributed by atoms with Crippen molar-refractivity contribution in [2.24, 2.45) is 5.14 Å². The van der Waals surface area contributed by atoms with E-state index in [0.29, 0.717) is 22.1 Å². The summed E-state index contributed by atoms with van der Waals surface area (Å²) in [5.74, 6) is 0. The Balaban J connectivity index is 2.19. The van der Waals surface area contributed by atoms with E-state index in [-0.39, 0.29) is 4.90 Å². The lowest BCUT2D eigenvalue weighted by Gasteiger charge is -2.08. The summed E-state index contributed by atoms with van der Waals surface area (Å²) in [5.41, 5.74) is 0.477. The lowest BCUT2D eigenvalue weighted by atomic mass is 10.3. The minimum Gasteiger partial charge on any atom is -0.379 e. The Kier molecular flexibility index (Phi) is 4.30. The molecular formula is C12H10ClN3O2S2. The van der Waals surface area contributed by atoms with E-state index in [1.54, 1.807) is 6.07 Å². The largest absolute Gasteiger partial charge is 0.379 e. The molecule has 104 valence electrons. The maximum atomic E-state index is 11.3. The van der Waals surface area contributed by atoms with Crippen LogP contribution in [0.4, 0.5) is 5.69 Å². The highest BCUT2D eigenvalue weighted by atomic mass is 35.5. The average molecular weight is 328 g/mol. The number of nitrogens with zero attached hydrogens (tertiary/aromatic N) is 1. The van der Waals surface area contributed by atoms with Crippen LogP contribution in [0.1, 0.15) is 9.75 Å². The first-order valence-electron chi connectivity index (χ1n) is 5.45. The van der Waals surface area contributed by atoms with Crippen molar-refractivity contribution in [1.82, 2.24) is 0 Å². The lowest BCUT2D eigenvalue weighted by Crippen LogP contribution is -2.12. The first kappa shape index (κ1) is 14.8. The van der Waals surface area contributed by atoms with Crippen LogP contribution in [0.25, 0.3) is 0 Å². The van der Waals surface area contributed by atoms with Crippen molar-refractivity contribution >= 4 is 38.6 Å². The predicted octanol–water partition coefficient (Wildman–Crippen LogP) is 2.53. The van der Waals surface area contributed by atoms with Crippen molar-refractivity contribution in [1.29, 1.82) is 5.26 Å². The fourth-order valence-electron chi connectivity index (χ4n) is 1.53. The second-order valence-electron chi connectivity index (χ2n) is 3.92. The summed E-state index contributed by atoms with van der Waals surface area (Å²) in [6.45, 7) is 0.445. The topological polar surface area (TPSA) is 96.0 Å². The molecule has 2 rings (SSSR count). The molecule has 0 amide bonds. The molecule has 3 N–H and O–H groups in total. The Hall–Kier alpha value is -1.59. The SMILES string of the molecule is N#Cc1ccc(CNc2cc(S(N)(=O)=O)ccc2Cl)s1. The minimum absolute atomic E-state index is 0.00621. The predicted molar refractivity (Wildman–Crippen MR) is 79.2 cm³/mol. The molecule has 0 saturated carbocycles. The van der Waals surface area contributed by atoms with Gasteiger partial charge in [0.1, 0.15) is 10.9 Å². The van der Waals surface area contributed by atoms with Crippen LogP contribution < -0.4 is 10.5 Å². The molecule has 0 aliphatic heterocycles. The van der Waals surface area contributed by atoms with E-state index in [0.717, 1.165) is 4.88 Å². The van der Waals surface area contributed by atoms with Crippen LogP contribution in [0.2, 0.25) is 5.02 Å². The summed E-state index contributed by atoms with van der Waals surface area (Å²) in [7, 11) is -3.76. The van der Waals surface area contributed by atoms with Crippen LogP contribution in [0.3, 0.4) is 0 Å². The van der Waals surface area contributed by atoms with Crippen molar-refractivity contribution in [3.63, 3.8) is 0 Å². The van der Waals surface area contributed by atoms with Gasteiger partial charge in [-0.2, -0.15) is 5.26 Å². The summed E-state index contributed by atoms with van der Waals surface area (Å²) in [6, 6.07) is 9.81. The second-order valence-corrected chi connectivity index (χ2v) is 7.05. The number of anilines is 1. The smallest absolute Gasteiger partial charge is 0.238 e. The number of primary sulfonamides is 1. The van der Waals surface area contributed by atoms with Gasteiger partial charge in [0.05, 0.1) is 15.6 Å². The molecule has 2 aromatic rings. The zero-order valence-electron chi connectivity index (χ0n) is 10.1. The van der Waals surface area contributed by atoms with Gasteiger partial charge >= 0.3 is 0 Å². The number of benzene rings is 1. The molecule has 0 fully saturated rings. The van der Waals surface area contributed by atoms with Crippen molar-refractivity contribution < 1.29 is 8.42 Å². The van der Waals surface area contributed by atoms with Gasteiger partial charge in [0.15, 0.2) is 0 Å². The van der Waals surface area contributed by atoms with Gasteiger partial charge in [-0.25, -0.2) is 13.6 Å². The third-order valence-corrected chi connectivity index (χ3v) is 4.72. The number of nitrogens with two attached hydrogens (primary N) is 1. The molecule has 0 spiro atoms. The number of sulfonamides is 1. The first-order chi connectivity index (χ1) is 9.40. The fraction of sp³-hybridized carbons (Fsp3) is 0.0833. The summed E-state index contributed by atoms with van der Waals surface area (Å²) < 4.78 is 22.6. The van der Waals surface area contributed by atoms with Gasteiger partial charge in [0.25, 0.3) is 0 Å². The van der Waals surface area contributed by atoms with E-state index in [1.807, 2.05) is 6.07 Å². The van der Waals surface area contributed by atoms with Gasteiger partial charge in [-0.15, -0.1) is 11.3 Å². The van der Waals surface area contributed by atoms with E-state index < -0.39 is 10.0 Å². The number of nitrogens with one attached hydrogen (secondary N) is 1. The molecule has 1 aromatic heterocycles.